The van der Waals surface area contributed by atoms with Crippen molar-refractivity contribution < 1.29 is 9.36 Å². The number of hydrogen-bond donors (Lipinski definition) is 1. The predicted molar refractivity (Wildman–Crippen MR) is 94.8 cm³/mol. The van der Waals surface area contributed by atoms with Gasteiger partial charge in [-0.15, -0.1) is 12.4 Å². The molecule has 0 aliphatic rings. The maximum Gasteiger partial charge on any atom is 0.305 e. The standard InChI is InChI=1S/C18H21N3O.ClH/c1-18(2,3)16-9-7-15(8-10-16)13-19-20-17(22)14-21-11-5-4-6-12-21;/h4-13H,14H2,1-3H3;1H/p+1/b19-13+;. The molecule has 2 aromatic rings. The van der Waals surface area contributed by atoms with E-state index < -0.39 is 0 Å². The minimum Gasteiger partial charge on any atom is -0.266 e. The average Bonchev–Trinajstić information content (AvgIpc) is 2.48. The van der Waals surface area contributed by atoms with E-state index in [0.717, 1.165) is 5.56 Å². The lowest BCUT2D eigenvalue weighted by molar-refractivity contribution is -0.684. The summed E-state index contributed by atoms with van der Waals surface area (Å²) in [7, 11) is 0. The molecule has 0 saturated heterocycles. The van der Waals surface area contributed by atoms with Crippen molar-refractivity contribution >= 4 is 24.5 Å². The first-order valence-electron chi connectivity index (χ1n) is 7.32. The van der Waals surface area contributed by atoms with Gasteiger partial charge in [0, 0.05) is 12.1 Å². The van der Waals surface area contributed by atoms with Gasteiger partial charge < -0.3 is 0 Å². The molecule has 2 rings (SSSR count). The fourth-order valence-electron chi connectivity index (χ4n) is 1.99. The number of nitrogens with zero attached hydrogens (tertiary/aromatic N) is 2. The average molecular weight is 333 g/mol. The Kier molecular flexibility index (Phi) is 6.91. The highest BCUT2D eigenvalue weighted by Gasteiger charge is 2.12. The third-order valence-electron chi connectivity index (χ3n) is 3.28. The lowest BCUT2D eigenvalue weighted by atomic mass is 9.87. The molecular formula is C18H23ClN3O+. The van der Waals surface area contributed by atoms with E-state index in [9.17, 15) is 4.79 Å². The van der Waals surface area contributed by atoms with Gasteiger partial charge in [0.2, 0.25) is 6.54 Å². The Labute approximate surface area is 143 Å². The molecule has 0 radical (unpaired) electrons. The third-order valence-corrected chi connectivity index (χ3v) is 3.28. The molecular weight excluding hydrogens is 310 g/mol. The molecule has 0 atom stereocenters. The number of hydrazone groups is 1. The summed E-state index contributed by atoms with van der Waals surface area (Å²) in [5.41, 5.74) is 4.90. The van der Waals surface area contributed by atoms with E-state index in [1.807, 2.05) is 42.7 Å². The monoisotopic (exact) mass is 332 g/mol. The fraction of sp³-hybridized carbons (Fsp3) is 0.278. The Morgan fingerprint density at radius 3 is 2.30 bits per heavy atom. The molecule has 23 heavy (non-hydrogen) atoms. The van der Waals surface area contributed by atoms with E-state index in [1.165, 1.54) is 5.56 Å². The zero-order chi connectivity index (χ0) is 16.0. The molecule has 5 heteroatoms. The molecule has 0 bridgehead atoms. The van der Waals surface area contributed by atoms with Crippen LogP contribution in [0.3, 0.4) is 0 Å². The van der Waals surface area contributed by atoms with Crippen molar-refractivity contribution in [3.8, 4) is 0 Å². The first-order chi connectivity index (χ1) is 10.4. The van der Waals surface area contributed by atoms with Crippen molar-refractivity contribution in [2.45, 2.75) is 32.7 Å². The Morgan fingerprint density at radius 1 is 1.13 bits per heavy atom. The Bertz CT molecular complexity index is 646. The number of halogens is 1. The number of pyridine rings is 1. The molecule has 0 aliphatic carbocycles. The quantitative estimate of drug-likeness (QED) is 0.522. The number of carbonyl (C=O) groups excluding carboxylic acids is 1. The highest BCUT2D eigenvalue weighted by atomic mass is 35.5. The first-order valence-corrected chi connectivity index (χ1v) is 7.32. The van der Waals surface area contributed by atoms with Crippen molar-refractivity contribution in [2.75, 3.05) is 0 Å². The molecule has 4 nitrogen and oxygen atoms in total. The van der Waals surface area contributed by atoms with Gasteiger partial charge in [-0.1, -0.05) is 51.1 Å². The van der Waals surface area contributed by atoms with Crippen LogP contribution in [0.5, 0.6) is 0 Å². The normalized spacial score (nSPS) is 11.1. The molecule has 0 spiro atoms. The second kappa shape index (κ2) is 8.44. The van der Waals surface area contributed by atoms with Gasteiger partial charge in [-0.3, -0.25) is 4.79 Å². The molecule has 0 fully saturated rings. The number of amides is 1. The van der Waals surface area contributed by atoms with Crippen molar-refractivity contribution in [1.29, 1.82) is 0 Å². The van der Waals surface area contributed by atoms with Crippen LogP contribution in [0.4, 0.5) is 0 Å². The fourth-order valence-corrected chi connectivity index (χ4v) is 1.99. The molecule has 122 valence electrons. The van der Waals surface area contributed by atoms with Crippen LogP contribution in [0.15, 0.2) is 60.0 Å². The number of hydrogen-bond acceptors (Lipinski definition) is 2. The lowest BCUT2D eigenvalue weighted by Crippen LogP contribution is -2.40. The van der Waals surface area contributed by atoms with Gasteiger partial charge in [-0.05, 0) is 16.5 Å². The number of carbonyl (C=O) groups is 1. The van der Waals surface area contributed by atoms with Gasteiger partial charge in [-0.25, -0.2) is 5.43 Å². The van der Waals surface area contributed by atoms with Crippen LogP contribution in [0.1, 0.15) is 31.9 Å². The van der Waals surface area contributed by atoms with Crippen LogP contribution in [0.2, 0.25) is 0 Å². The van der Waals surface area contributed by atoms with Crippen LogP contribution in [-0.4, -0.2) is 12.1 Å². The van der Waals surface area contributed by atoms with Crippen LogP contribution >= 0.6 is 12.4 Å². The molecule has 1 N–H and O–H groups in total. The van der Waals surface area contributed by atoms with Crippen LogP contribution < -0.4 is 9.99 Å². The predicted octanol–water partition coefficient (Wildman–Crippen LogP) is 2.84. The maximum atomic E-state index is 11.7. The summed E-state index contributed by atoms with van der Waals surface area (Å²) < 4.78 is 1.79. The first kappa shape index (κ1) is 18.8. The number of aromatic nitrogens is 1. The lowest BCUT2D eigenvalue weighted by Gasteiger charge is -2.18. The highest BCUT2D eigenvalue weighted by Crippen LogP contribution is 2.21. The van der Waals surface area contributed by atoms with E-state index in [4.69, 9.17) is 0 Å². The van der Waals surface area contributed by atoms with E-state index in [0.29, 0.717) is 0 Å². The van der Waals surface area contributed by atoms with Gasteiger partial charge in [0.1, 0.15) is 0 Å². The van der Waals surface area contributed by atoms with Crippen molar-refractivity contribution in [3.63, 3.8) is 0 Å². The van der Waals surface area contributed by atoms with Crippen molar-refractivity contribution in [1.82, 2.24) is 5.43 Å². The van der Waals surface area contributed by atoms with E-state index in [-0.39, 0.29) is 30.3 Å². The summed E-state index contributed by atoms with van der Waals surface area (Å²) in [5, 5.41) is 3.99. The van der Waals surface area contributed by atoms with Crippen LogP contribution in [0, 0.1) is 0 Å². The highest BCUT2D eigenvalue weighted by molar-refractivity contribution is 5.85. The second-order valence-corrected chi connectivity index (χ2v) is 6.21. The molecule has 1 amide bonds. The van der Waals surface area contributed by atoms with Gasteiger partial charge >= 0.3 is 5.91 Å². The largest absolute Gasteiger partial charge is 0.305 e. The van der Waals surface area contributed by atoms with Crippen molar-refractivity contribution in [3.05, 3.63) is 66.0 Å². The summed E-state index contributed by atoms with van der Waals surface area (Å²) in [6, 6.07) is 13.9. The molecule has 0 unspecified atom stereocenters. The number of benzene rings is 1. The van der Waals surface area contributed by atoms with Gasteiger partial charge in [0.05, 0.1) is 6.21 Å². The molecule has 1 aromatic heterocycles. The SMILES string of the molecule is CC(C)(C)c1ccc(/C=N/NC(=O)C[n+]2ccccc2)cc1.Cl. The van der Waals surface area contributed by atoms with Crippen LogP contribution in [0.25, 0.3) is 0 Å². The molecule has 1 aromatic carbocycles. The zero-order valence-corrected chi connectivity index (χ0v) is 14.5. The maximum absolute atomic E-state index is 11.7. The van der Waals surface area contributed by atoms with E-state index in [1.54, 1.807) is 10.8 Å². The number of nitrogens with one attached hydrogen (secondary N) is 1. The third kappa shape index (κ3) is 6.20. The van der Waals surface area contributed by atoms with Crippen molar-refractivity contribution in [2.24, 2.45) is 5.10 Å². The smallest absolute Gasteiger partial charge is 0.266 e. The minimum absolute atomic E-state index is 0. The number of rotatable bonds is 4. The van der Waals surface area contributed by atoms with Gasteiger partial charge in [0.15, 0.2) is 12.4 Å². The summed E-state index contributed by atoms with van der Waals surface area (Å²) in [4.78, 5) is 11.7. The van der Waals surface area contributed by atoms with E-state index >= 15 is 0 Å². The minimum atomic E-state index is -0.154. The zero-order valence-electron chi connectivity index (χ0n) is 13.7. The van der Waals surface area contributed by atoms with Crippen LogP contribution in [-0.2, 0) is 16.8 Å². The summed E-state index contributed by atoms with van der Waals surface area (Å²) in [5.74, 6) is -0.154. The van der Waals surface area contributed by atoms with Gasteiger partial charge in [-0.2, -0.15) is 9.67 Å². The summed E-state index contributed by atoms with van der Waals surface area (Å²) in [6.45, 7) is 6.79. The van der Waals surface area contributed by atoms with Gasteiger partial charge in [0.25, 0.3) is 0 Å². The Morgan fingerprint density at radius 2 is 1.74 bits per heavy atom. The molecule has 0 aliphatic heterocycles. The topological polar surface area (TPSA) is 45.3 Å². The van der Waals surface area contributed by atoms with E-state index in [2.05, 4.69) is 43.4 Å². The second-order valence-electron chi connectivity index (χ2n) is 6.21. The Balaban J connectivity index is 0.00000264. The summed E-state index contributed by atoms with van der Waals surface area (Å²) in [6.07, 6.45) is 5.34. The molecule has 1 heterocycles. The Hall–Kier alpha value is -2.20. The summed E-state index contributed by atoms with van der Waals surface area (Å²) >= 11 is 0. The molecule has 0 saturated carbocycles.